The zero-order chi connectivity index (χ0) is 18.0. The van der Waals surface area contributed by atoms with Gasteiger partial charge in [-0.05, 0) is 13.3 Å². The molecule has 2 aliphatic rings. The average Bonchev–Trinajstić information content (AvgIpc) is 3.19. The van der Waals surface area contributed by atoms with Crippen molar-refractivity contribution in [2.75, 3.05) is 33.2 Å². The minimum Gasteiger partial charge on any atom is -0.349 e. The molecule has 0 aliphatic carbocycles. The van der Waals surface area contributed by atoms with Crippen molar-refractivity contribution in [1.82, 2.24) is 29.9 Å². The molecule has 3 rings (SSSR count). The predicted molar refractivity (Wildman–Crippen MR) is 87.2 cm³/mol. The molecule has 1 saturated heterocycles. The SMILES string of the molecule is CN=C(NCc1nnc2n1CCC2)N1CCN(C(C)C(F)(F)F)CC1. The molecule has 25 heavy (non-hydrogen) atoms. The number of aryl methyl sites for hydroxylation is 1. The van der Waals surface area contributed by atoms with Crippen LogP contribution in [0.4, 0.5) is 13.2 Å². The van der Waals surface area contributed by atoms with E-state index in [0.29, 0.717) is 38.7 Å². The van der Waals surface area contributed by atoms with E-state index in [0.717, 1.165) is 31.0 Å². The Morgan fingerprint density at radius 3 is 2.56 bits per heavy atom. The molecule has 1 aromatic heterocycles. The number of piperazine rings is 1. The van der Waals surface area contributed by atoms with Crippen molar-refractivity contribution in [3.05, 3.63) is 11.6 Å². The van der Waals surface area contributed by atoms with Crippen LogP contribution in [-0.4, -0.2) is 76.0 Å². The minimum absolute atomic E-state index is 0.363. The van der Waals surface area contributed by atoms with Crippen LogP contribution in [0.5, 0.6) is 0 Å². The second-order valence-corrected chi connectivity index (χ2v) is 6.43. The lowest BCUT2D eigenvalue weighted by atomic mass is 10.2. The van der Waals surface area contributed by atoms with Gasteiger partial charge in [-0.3, -0.25) is 9.89 Å². The Morgan fingerprint density at radius 2 is 1.92 bits per heavy atom. The Bertz CT molecular complexity index is 617. The molecular weight excluding hydrogens is 335 g/mol. The van der Waals surface area contributed by atoms with E-state index in [1.807, 2.05) is 4.90 Å². The van der Waals surface area contributed by atoms with Crippen LogP contribution in [0, 0.1) is 0 Å². The van der Waals surface area contributed by atoms with Crippen molar-refractivity contribution in [1.29, 1.82) is 0 Å². The lowest BCUT2D eigenvalue weighted by Crippen LogP contribution is -2.56. The maximum absolute atomic E-state index is 12.8. The van der Waals surface area contributed by atoms with Crippen molar-refractivity contribution >= 4 is 5.96 Å². The Labute approximate surface area is 144 Å². The molecule has 1 atom stereocenters. The Kier molecular flexibility index (Phi) is 5.16. The van der Waals surface area contributed by atoms with Crippen molar-refractivity contribution in [3.63, 3.8) is 0 Å². The predicted octanol–water partition coefficient (Wildman–Crippen LogP) is 0.868. The Morgan fingerprint density at radius 1 is 1.20 bits per heavy atom. The second kappa shape index (κ2) is 7.19. The quantitative estimate of drug-likeness (QED) is 0.641. The van der Waals surface area contributed by atoms with Gasteiger partial charge in [0.05, 0.1) is 6.54 Å². The maximum atomic E-state index is 12.8. The molecule has 1 aromatic rings. The highest BCUT2D eigenvalue weighted by Gasteiger charge is 2.41. The van der Waals surface area contributed by atoms with Crippen molar-refractivity contribution in [2.45, 2.75) is 45.1 Å². The molecule has 140 valence electrons. The van der Waals surface area contributed by atoms with E-state index in [9.17, 15) is 13.2 Å². The zero-order valence-electron chi connectivity index (χ0n) is 14.6. The standard InChI is InChI=1S/C15H24F3N7/c1-11(15(16,17)18)23-6-8-24(9-7-23)14(19-2)20-10-13-22-21-12-4-3-5-25(12)13/h11H,3-10H2,1-2H3,(H,19,20). The summed E-state index contributed by atoms with van der Waals surface area (Å²) in [5.74, 6) is 2.58. The number of guanidine groups is 1. The van der Waals surface area contributed by atoms with Gasteiger partial charge < -0.3 is 14.8 Å². The molecule has 0 aromatic carbocycles. The largest absolute Gasteiger partial charge is 0.403 e. The van der Waals surface area contributed by atoms with E-state index < -0.39 is 12.2 Å². The van der Waals surface area contributed by atoms with Gasteiger partial charge in [0, 0.05) is 46.2 Å². The lowest BCUT2D eigenvalue weighted by molar-refractivity contribution is -0.181. The molecular formula is C15H24F3N7. The highest BCUT2D eigenvalue weighted by Crippen LogP contribution is 2.25. The monoisotopic (exact) mass is 359 g/mol. The van der Waals surface area contributed by atoms with Crippen LogP contribution in [0.1, 0.15) is 25.0 Å². The van der Waals surface area contributed by atoms with Crippen molar-refractivity contribution in [2.24, 2.45) is 4.99 Å². The number of aliphatic imine (C=N–C) groups is 1. The Hall–Kier alpha value is -1.84. The minimum atomic E-state index is -4.18. The summed E-state index contributed by atoms with van der Waals surface area (Å²) >= 11 is 0. The topological polar surface area (TPSA) is 61.6 Å². The second-order valence-electron chi connectivity index (χ2n) is 6.43. The van der Waals surface area contributed by atoms with Gasteiger partial charge in [-0.2, -0.15) is 13.2 Å². The smallest absolute Gasteiger partial charge is 0.349 e. The fourth-order valence-corrected chi connectivity index (χ4v) is 3.36. The summed E-state index contributed by atoms with van der Waals surface area (Å²) in [5.41, 5.74) is 0. The maximum Gasteiger partial charge on any atom is 0.403 e. The molecule has 7 nitrogen and oxygen atoms in total. The van der Waals surface area contributed by atoms with Crippen LogP contribution in [0.2, 0.25) is 0 Å². The highest BCUT2D eigenvalue weighted by atomic mass is 19.4. The van der Waals surface area contributed by atoms with Crippen LogP contribution in [0.25, 0.3) is 0 Å². The molecule has 1 unspecified atom stereocenters. The van der Waals surface area contributed by atoms with E-state index in [1.165, 1.54) is 11.8 Å². The number of halogens is 3. The third-order valence-electron chi connectivity index (χ3n) is 4.94. The summed E-state index contributed by atoms with van der Waals surface area (Å²) in [4.78, 5) is 7.71. The van der Waals surface area contributed by atoms with Crippen LogP contribution >= 0.6 is 0 Å². The molecule has 0 amide bonds. The Balaban J connectivity index is 1.53. The fraction of sp³-hybridized carbons (Fsp3) is 0.800. The van der Waals surface area contributed by atoms with Gasteiger partial charge in [0.2, 0.25) is 0 Å². The molecule has 1 fully saturated rings. The number of fused-ring (bicyclic) bond motifs is 1. The van der Waals surface area contributed by atoms with Gasteiger partial charge in [-0.15, -0.1) is 10.2 Å². The molecule has 0 saturated carbocycles. The molecule has 0 bridgehead atoms. The van der Waals surface area contributed by atoms with Crippen LogP contribution < -0.4 is 5.32 Å². The molecule has 3 heterocycles. The van der Waals surface area contributed by atoms with Crippen LogP contribution in [0.3, 0.4) is 0 Å². The molecule has 10 heteroatoms. The highest BCUT2D eigenvalue weighted by molar-refractivity contribution is 5.79. The van der Waals surface area contributed by atoms with E-state index in [1.54, 1.807) is 7.05 Å². The molecule has 2 aliphatic heterocycles. The first-order valence-electron chi connectivity index (χ1n) is 8.57. The van der Waals surface area contributed by atoms with Gasteiger partial charge >= 0.3 is 6.18 Å². The van der Waals surface area contributed by atoms with Gasteiger partial charge in [0.25, 0.3) is 0 Å². The number of aromatic nitrogens is 3. The fourth-order valence-electron chi connectivity index (χ4n) is 3.36. The first-order valence-corrected chi connectivity index (χ1v) is 8.57. The van der Waals surface area contributed by atoms with Gasteiger partial charge in [-0.25, -0.2) is 0 Å². The molecule has 0 spiro atoms. The normalized spacial score (nSPS) is 20.7. The first kappa shape index (κ1) is 18.0. The summed E-state index contributed by atoms with van der Waals surface area (Å²) in [6, 6.07) is -1.41. The molecule has 0 radical (unpaired) electrons. The van der Waals surface area contributed by atoms with Gasteiger partial charge in [-0.1, -0.05) is 0 Å². The lowest BCUT2D eigenvalue weighted by Gasteiger charge is -2.39. The summed E-state index contributed by atoms with van der Waals surface area (Å²) in [6.07, 6.45) is -2.14. The summed E-state index contributed by atoms with van der Waals surface area (Å²) in [7, 11) is 1.68. The van der Waals surface area contributed by atoms with E-state index in [-0.39, 0.29) is 0 Å². The number of hydrogen-bond donors (Lipinski definition) is 1. The van der Waals surface area contributed by atoms with E-state index in [4.69, 9.17) is 0 Å². The third-order valence-corrected chi connectivity index (χ3v) is 4.94. The zero-order valence-corrected chi connectivity index (χ0v) is 14.6. The molecule has 1 N–H and O–H groups in total. The summed E-state index contributed by atoms with van der Waals surface area (Å²) in [5, 5.41) is 11.6. The summed E-state index contributed by atoms with van der Waals surface area (Å²) < 4.78 is 40.6. The average molecular weight is 359 g/mol. The number of rotatable bonds is 3. The number of nitrogens with zero attached hydrogens (tertiary/aromatic N) is 6. The number of nitrogens with one attached hydrogen (secondary N) is 1. The first-order chi connectivity index (χ1) is 11.9. The number of alkyl halides is 3. The van der Waals surface area contributed by atoms with Gasteiger partial charge in [0.1, 0.15) is 11.9 Å². The van der Waals surface area contributed by atoms with Crippen molar-refractivity contribution < 1.29 is 13.2 Å². The van der Waals surface area contributed by atoms with E-state index >= 15 is 0 Å². The van der Waals surface area contributed by atoms with Crippen molar-refractivity contribution in [3.8, 4) is 0 Å². The number of hydrogen-bond acceptors (Lipinski definition) is 4. The third kappa shape index (κ3) is 3.88. The van der Waals surface area contributed by atoms with Crippen LogP contribution in [0.15, 0.2) is 4.99 Å². The van der Waals surface area contributed by atoms with E-state index in [2.05, 4.69) is 25.1 Å². The summed E-state index contributed by atoms with van der Waals surface area (Å²) in [6.45, 7) is 4.42. The van der Waals surface area contributed by atoms with Crippen LogP contribution in [-0.2, 0) is 19.5 Å². The van der Waals surface area contributed by atoms with Gasteiger partial charge in [0.15, 0.2) is 11.8 Å².